The van der Waals surface area contributed by atoms with E-state index in [0.717, 1.165) is 25.7 Å². The fourth-order valence-corrected chi connectivity index (χ4v) is 2.83. The van der Waals surface area contributed by atoms with Gasteiger partial charge in [-0.05, 0) is 12.8 Å². The Hall–Kier alpha value is -1.10. The smallest absolute Gasteiger partial charge is 0.307 e. The van der Waals surface area contributed by atoms with Gasteiger partial charge >= 0.3 is 5.97 Å². The molecule has 1 amide bonds. The van der Waals surface area contributed by atoms with Gasteiger partial charge in [0.15, 0.2) is 6.79 Å². The van der Waals surface area contributed by atoms with E-state index in [-0.39, 0.29) is 11.9 Å². The number of ether oxygens (including phenoxy) is 1. The molecule has 0 radical (unpaired) electrons. The summed E-state index contributed by atoms with van der Waals surface area (Å²) in [5.74, 6) is -0.482. The van der Waals surface area contributed by atoms with Crippen LogP contribution in [0.15, 0.2) is 0 Å². The summed E-state index contributed by atoms with van der Waals surface area (Å²) < 4.78 is 4.47. The van der Waals surface area contributed by atoms with Crippen LogP contribution in [0.5, 0.6) is 0 Å². The molecule has 3 N–H and O–H groups in total. The Morgan fingerprint density at radius 1 is 0.625 bits per heavy atom. The molecular weight excluding hydrogens is 306 g/mol. The van der Waals surface area contributed by atoms with E-state index in [0.29, 0.717) is 12.8 Å². The van der Waals surface area contributed by atoms with Crippen LogP contribution in [0, 0.1) is 0 Å². The second-order valence-corrected chi connectivity index (χ2v) is 6.56. The molecule has 5 nitrogen and oxygen atoms in total. The standard InChI is InChI=1S/C19H37NO4/c20-18(22)15-13-11-9-7-5-3-1-2-4-6-8-10-12-14-16-19(23)24-17-21/h21H,1-17H2,(H2,20,22). The molecule has 0 fully saturated rings. The Balaban J connectivity index is 3.05. The van der Waals surface area contributed by atoms with Crippen molar-refractivity contribution in [2.75, 3.05) is 6.79 Å². The van der Waals surface area contributed by atoms with Crippen LogP contribution in [0.25, 0.3) is 0 Å². The molecule has 0 unspecified atom stereocenters. The number of rotatable bonds is 18. The van der Waals surface area contributed by atoms with Crippen LogP contribution >= 0.6 is 0 Å². The molecule has 0 bridgehead atoms. The molecule has 0 aliphatic carbocycles. The first-order chi connectivity index (χ1) is 11.7. The van der Waals surface area contributed by atoms with Crippen molar-refractivity contribution >= 4 is 11.9 Å². The largest absolute Gasteiger partial charge is 0.439 e. The number of aliphatic hydroxyl groups is 1. The lowest BCUT2D eigenvalue weighted by atomic mass is 10.0. The van der Waals surface area contributed by atoms with Gasteiger partial charge < -0.3 is 15.6 Å². The van der Waals surface area contributed by atoms with Gasteiger partial charge in [-0.15, -0.1) is 0 Å². The van der Waals surface area contributed by atoms with Gasteiger partial charge in [-0.3, -0.25) is 9.59 Å². The average molecular weight is 344 g/mol. The molecule has 0 aliphatic heterocycles. The van der Waals surface area contributed by atoms with E-state index < -0.39 is 6.79 Å². The molecular formula is C19H37NO4. The molecule has 0 rings (SSSR count). The van der Waals surface area contributed by atoms with Crippen LogP contribution in [-0.4, -0.2) is 23.8 Å². The molecule has 0 aromatic rings. The Labute approximate surface area is 147 Å². The van der Waals surface area contributed by atoms with Crippen LogP contribution in [0.4, 0.5) is 0 Å². The Kier molecular flexibility index (Phi) is 17.4. The molecule has 5 heteroatoms. The number of hydrogen-bond donors (Lipinski definition) is 2. The van der Waals surface area contributed by atoms with E-state index in [1.807, 2.05) is 0 Å². The highest BCUT2D eigenvalue weighted by atomic mass is 16.6. The van der Waals surface area contributed by atoms with Crippen LogP contribution in [-0.2, 0) is 14.3 Å². The molecule has 0 aromatic heterocycles. The number of amides is 1. The number of carbonyl (C=O) groups is 2. The maximum absolute atomic E-state index is 11.0. The van der Waals surface area contributed by atoms with E-state index in [1.165, 1.54) is 64.2 Å². The highest BCUT2D eigenvalue weighted by molar-refractivity contribution is 5.73. The number of carbonyl (C=O) groups excluding carboxylic acids is 2. The van der Waals surface area contributed by atoms with Gasteiger partial charge in [-0.1, -0.05) is 77.0 Å². The lowest BCUT2D eigenvalue weighted by Gasteiger charge is -2.03. The van der Waals surface area contributed by atoms with Crippen LogP contribution in [0.1, 0.15) is 103 Å². The zero-order valence-corrected chi connectivity index (χ0v) is 15.3. The number of esters is 1. The molecule has 142 valence electrons. The lowest BCUT2D eigenvalue weighted by molar-refractivity contribution is -0.151. The summed E-state index contributed by atoms with van der Waals surface area (Å²) in [4.78, 5) is 21.6. The lowest BCUT2D eigenvalue weighted by Crippen LogP contribution is -2.09. The van der Waals surface area contributed by atoms with Crippen molar-refractivity contribution in [2.45, 2.75) is 103 Å². The first kappa shape index (κ1) is 22.9. The van der Waals surface area contributed by atoms with E-state index in [1.54, 1.807) is 0 Å². The molecule has 24 heavy (non-hydrogen) atoms. The predicted octanol–water partition coefficient (Wildman–Crippen LogP) is 4.21. The highest BCUT2D eigenvalue weighted by Crippen LogP contribution is 2.13. The Bertz CT molecular complexity index is 308. The molecule has 0 spiro atoms. The summed E-state index contributed by atoms with van der Waals surface area (Å²) in [7, 11) is 0. The van der Waals surface area contributed by atoms with Crippen molar-refractivity contribution < 1.29 is 19.4 Å². The summed E-state index contributed by atoms with van der Waals surface area (Å²) in [6.07, 6.45) is 17.7. The van der Waals surface area contributed by atoms with Crippen molar-refractivity contribution in [2.24, 2.45) is 5.73 Å². The second-order valence-electron chi connectivity index (χ2n) is 6.56. The van der Waals surface area contributed by atoms with Crippen LogP contribution in [0.2, 0.25) is 0 Å². The summed E-state index contributed by atoms with van der Waals surface area (Å²) in [6, 6.07) is 0. The first-order valence-electron chi connectivity index (χ1n) is 9.71. The topological polar surface area (TPSA) is 89.6 Å². The minimum absolute atomic E-state index is 0.181. The van der Waals surface area contributed by atoms with Gasteiger partial charge in [-0.2, -0.15) is 0 Å². The normalized spacial score (nSPS) is 10.7. The third-order valence-electron chi connectivity index (χ3n) is 4.28. The zero-order chi connectivity index (χ0) is 17.9. The minimum Gasteiger partial charge on any atom is -0.439 e. The van der Waals surface area contributed by atoms with Gasteiger partial charge in [0.1, 0.15) is 0 Å². The number of aliphatic hydroxyl groups excluding tert-OH is 1. The third kappa shape index (κ3) is 18.9. The first-order valence-corrected chi connectivity index (χ1v) is 9.71. The second kappa shape index (κ2) is 18.2. The zero-order valence-electron chi connectivity index (χ0n) is 15.3. The van der Waals surface area contributed by atoms with Crippen molar-refractivity contribution in [3.8, 4) is 0 Å². The summed E-state index contributed by atoms with van der Waals surface area (Å²) in [6.45, 7) is -0.506. The third-order valence-corrected chi connectivity index (χ3v) is 4.28. The van der Waals surface area contributed by atoms with Gasteiger partial charge in [0.25, 0.3) is 0 Å². The summed E-state index contributed by atoms with van der Waals surface area (Å²) in [5.41, 5.74) is 5.10. The fraction of sp³-hybridized carbons (Fsp3) is 0.895. The molecule has 0 heterocycles. The number of nitrogens with two attached hydrogens (primary N) is 1. The van der Waals surface area contributed by atoms with Crippen LogP contribution < -0.4 is 5.73 Å². The number of unbranched alkanes of at least 4 members (excludes halogenated alkanes) is 13. The summed E-state index contributed by atoms with van der Waals surface area (Å²) >= 11 is 0. The fourth-order valence-electron chi connectivity index (χ4n) is 2.83. The molecule has 0 saturated carbocycles. The molecule has 0 aliphatic rings. The highest BCUT2D eigenvalue weighted by Gasteiger charge is 2.01. The Morgan fingerprint density at radius 3 is 1.29 bits per heavy atom. The molecule has 0 saturated heterocycles. The minimum atomic E-state index is -0.506. The SMILES string of the molecule is NC(=O)CCCCCCCCCCCCCCCCC(=O)OCO. The summed E-state index contributed by atoms with van der Waals surface area (Å²) in [5, 5.41) is 8.42. The molecule has 0 aromatic carbocycles. The molecule has 0 atom stereocenters. The van der Waals surface area contributed by atoms with Crippen molar-refractivity contribution in [3.05, 3.63) is 0 Å². The quantitative estimate of drug-likeness (QED) is 0.222. The van der Waals surface area contributed by atoms with Crippen molar-refractivity contribution in [1.82, 2.24) is 0 Å². The van der Waals surface area contributed by atoms with Gasteiger partial charge in [0, 0.05) is 12.8 Å². The number of primary amides is 1. The van der Waals surface area contributed by atoms with Crippen molar-refractivity contribution in [3.63, 3.8) is 0 Å². The van der Waals surface area contributed by atoms with Crippen molar-refractivity contribution in [1.29, 1.82) is 0 Å². The average Bonchev–Trinajstić information content (AvgIpc) is 2.54. The van der Waals surface area contributed by atoms with Gasteiger partial charge in [-0.25, -0.2) is 0 Å². The van der Waals surface area contributed by atoms with Gasteiger partial charge in [0.2, 0.25) is 5.91 Å². The monoisotopic (exact) mass is 343 g/mol. The maximum atomic E-state index is 11.0. The Morgan fingerprint density at radius 2 is 0.958 bits per heavy atom. The maximum Gasteiger partial charge on any atom is 0.307 e. The van der Waals surface area contributed by atoms with E-state index in [4.69, 9.17) is 10.8 Å². The predicted molar refractivity (Wildman–Crippen MR) is 96.2 cm³/mol. The van der Waals surface area contributed by atoms with Crippen LogP contribution in [0.3, 0.4) is 0 Å². The number of hydrogen-bond acceptors (Lipinski definition) is 4. The van der Waals surface area contributed by atoms with Gasteiger partial charge in [0.05, 0.1) is 0 Å². The van der Waals surface area contributed by atoms with E-state index >= 15 is 0 Å². The van der Waals surface area contributed by atoms with E-state index in [2.05, 4.69) is 4.74 Å². The van der Waals surface area contributed by atoms with E-state index in [9.17, 15) is 9.59 Å².